The number of ether oxygens (including phenoxy) is 1. The van der Waals surface area contributed by atoms with Crippen LogP contribution in [-0.2, 0) is 4.74 Å². The van der Waals surface area contributed by atoms with Gasteiger partial charge in [-0.25, -0.2) is 0 Å². The molecule has 0 N–H and O–H groups in total. The summed E-state index contributed by atoms with van der Waals surface area (Å²) in [5, 5.41) is 0. The van der Waals surface area contributed by atoms with Crippen molar-refractivity contribution in [1.82, 2.24) is 0 Å². The highest BCUT2D eigenvalue weighted by Gasteiger charge is 2.09. The van der Waals surface area contributed by atoms with Gasteiger partial charge in [-0.15, -0.1) is 6.58 Å². The van der Waals surface area contributed by atoms with Crippen LogP contribution in [-0.4, -0.2) is 13.2 Å². The van der Waals surface area contributed by atoms with Gasteiger partial charge in [-0.1, -0.05) is 63.9 Å². The average Bonchev–Trinajstić information content (AvgIpc) is 2.32. The van der Waals surface area contributed by atoms with Crippen LogP contribution in [0.2, 0.25) is 0 Å². The predicted octanol–water partition coefficient (Wildman–Crippen LogP) is 5.11. The fourth-order valence-corrected chi connectivity index (χ4v) is 2.73. The van der Waals surface area contributed by atoms with Gasteiger partial charge in [0.25, 0.3) is 0 Å². The van der Waals surface area contributed by atoms with E-state index < -0.39 is 0 Å². The molecule has 1 aliphatic rings. The van der Waals surface area contributed by atoms with Gasteiger partial charge in [-0.3, -0.25) is 0 Å². The predicted molar refractivity (Wildman–Crippen MR) is 75.3 cm³/mol. The van der Waals surface area contributed by atoms with Crippen LogP contribution in [0.1, 0.15) is 70.6 Å². The SMILES string of the molecule is C=CCOCC1CCCCCCCCCCC1. The molecule has 0 aromatic carbocycles. The van der Waals surface area contributed by atoms with Crippen LogP contribution in [0.25, 0.3) is 0 Å². The lowest BCUT2D eigenvalue weighted by Crippen LogP contribution is -2.10. The van der Waals surface area contributed by atoms with Crippen molar-refractivity contribution < 1.29 is 4.74 Å². The monoisotopic (exact) mass is 238 g/mol. The first kappa shape index (κ1) is 14.8. The minimum Gasteiger partial charge on any atom is -0.377 e. The van der Waals surface area contributed by atoms with Crippen molar-refractivity contribution in [2.45, 2.75) is 70.6 Å². The fourth-order valence-electron chi connectivity index (χ4n) is 2.73. The molecule has 1 fully saturated rings. The molecule has 0 heterocycles. The van der Waals surface area contributed by atoms with Gasteiger partial charge < -0.3 is 4.74 Å². The van der Waals surface area contributed by atoms with Crippen LogP contribution in [0.3, 0.4) is 0 Å². The Morgan fingerprint density at radius 2 is 1.29 bits per heavy atom. The highest BCUT2D eigenvalue weighted by atomic mass is 16.5. The molecule has 17 heavy (non-hydrogen) atoms. The summed E-state index contributed by atoms with van der Waals surface area (Å²) in [6.45, 7) is 5.37. The molecule has 1 saturated carbocycles. The second-order valence-corrected chi connectivity index (χ2v) is 5.45. The quantitative estimate of drug-likeness (QED) is 0.488. The van der Waals surface area contributed by atoms with Gasteiger partial charge in [-0.05, 0) is 18.8 Å². The third-order valence-corrected chi connectivity index (χ3v) is 3.81. The van der Waals surface area contributed by atoms with E-state index in [-0.39, 0.29) is 0 Å². The molecule has 0 unspecified atom stereocenters. The van der Waals surface area contributed by atoms with E-state index in [2.05, 4.69) is 6.58 Å². The lowest BCUT2D eigenvalue weighted by atomic mass is 9.93. The maximum atomic E-state index is 5.63. The molecule has 0 aliphatic heterocycles. The van der Waals surface area contributed by atoms with Crippen molar-refractivity contribution >= 4 is 0 Å². The van der Waals surface area contributed by atoms with Crippen molar-refractivity contribution in [2.75, 3.05) is 13.2 Å². The first-order valence-corrected chi connectivity index (χ1v) is 7.62. The fraction of sp³-hybridized carbons (Fsp3) is 0.875. The van der Waals surface area contributed by atoms with Crippen LogP contribution < -0.4 is 0 Å². The molecule has 0 aromatic rings. The molecule has 0 atom stereocenters. The summed E-state index contributed by atoms with van der Waals surface area (Å²) >= 11 is 0. The molecule has 0 saturated heterocycles. The summed E-state index contributed by atoms with van der Waals surface area (Å²) in [6, 6.07) is 0. The zero-order valence-corrected chi connectivity index (χ0v) is 11.5. The Morgan fingerprint density at radius 1 is 0.824 bits per heavy atom. The van der Waals surface area contributed by atoms with Crippen LogP contribution in [0, 0.1) is 5.92 Å². The second kappa shape index (κ2) is 10.8. The van der Waals surface area contributed by atoms with Gasteiger partial charge in [0.15, 0.2) is 0 Å². The Bertz CT molecular complexity index is 164. The van der Waals surface area contributed by atoms with E-state index in [1.54, 1.807) is 0 Å². The third-order valence-electron chi connectivity index (χ3n) is 3.81. The molecule has 1 heteroatoms. The van der Waals surface area contributed by atoms with Gasteiger partial charge in [0.1, 0.15) is 0 Å². The Balaban J connectivity index is 2.19. The van der Waals surface area contributed by atoms with Gasteiger partial charge >= 0.3 is 0 Å². The summed E-state index contributed by atoms with van der Waals surface area (Å²) in [4.78, 5) is 0. The first-order chi connectivity index (χ1) is 8.43. The van der Waals surface area contributed by atoms with Crippen molar-refractivity contribution in [3.63, 3.8) is 0 Å². The molecule has 100 valence electrons. The van der Waals surface area contributed by atoms with Crippen LogP contribution in [0.15, 0.2) is 12.7 Å². The molecular weight excluding hydrogens is 208 g/mol. The van der Waals surface area contributed by atoms with E-state index in [4.69, 9.17) is 4.74 Å². The lowest BCUT2D eigenvalue weighted by Gasteiger charge is -2.17. The van der Waals surface area contributed by atoms with Gasteiger partial charge in [-0.2, -0.15) is 0 Å². The maximum Gasteiger partial charge on any atom is 0.0644 e. The Morgan fingerprint density at radius 3 is 1.76 bits per heavy atom. The molecular formula is C16H30O. The molecule has 1 nitrogen and oxygen atoms in total. The highest BCUT2D eigenvalue weighted by Crippen LogP contribution is 2.21. The number of hydrogen-bond donors (Lipinski definition) is 0. The average molecular weight is 238 g/mol. The van der Waals surface area contributed by atoms with Crippen LogP contribution in [0.4, 0.5) is 0 Å². The van der Waals surface area contributed by atoms with Crippen molar-refractivity contribution in [1.29, 1.82) is 0 Å². The van der Waals surface area contributed by atoms with E-state index in [9.17, 15) is 0 Å². The highest BCUT2D eigenvalue weighted by molar-refractivity contribution is 4.66. The Kier molecular flexibility index (Phi) is 9.40. The van der Waals surface area contributed by atoms with Gasteiger partial charge in [0.2, 0.25) is 0 Å². The third kappa shape index (κ3) is 8.43. The zero-order valence-electron chi connectivity index (χ0n) is 11.5. The topological polar surface area (TPSA) is 9.23 Å². The van der Waals surface area contributed by atoms with Crippen LogP contribution in [0.5, 0.6) is 0 Å². The molecule has 1 rings (SSSR count). The summed E-state index contributed by atoms with van der Waals surface area (Å²) < 4.78 is 5.63. The van der Waals surface area contributed by atoms with Crippen LogP contribution >= 0.6 is 0 Å². The largest absolute Gasteiger partial charge is 0.377 e. The van der Waals surface area contributed by atoms with Crippen molar-refractivity contribution in [2.24, 2.45) is 5.92 Å². The molecule has 0 radical (unpaired) electrons. The molecule has 1 aliphatic carbocycles. The second-order valence-electron chi connectivity index (χ2n) is 5.45. The summed E-state index contributed by atoms with van der Waals surface area (Å²) in [6.07, 6.45) is 17.5. The molecule has 0 aromatic heterocycles. The minimum atomic E-state index is 0.719. The zero-order chi connectivity index (χ0) is 12.2. The first-order valence-electron chi connectivity index (χ1n) is 7.62. The lowest BCUT2D eigenvalue weighted by molar-refractivity contribution is 0.112. The summed E-state index contributed by atoms with van der Waals surface area (Å²) in [5.41, 5.74) is 0. The molecule has 0 bridgehead atoms. The summed E-state index contributed by atoms with van der Waals surface area (Å²) in [5.74, 6) is 0.800. The van der Waals surface area contributed by atoms with Gasteiger partial charge in [0, 0.05) is 6.61 Å². The van der Waals surface area contributed by atoms with E-state index in [1.165, 1.54) is 70.6 Å². The molecule has 0 amide bonds. The standard InChI is InChI=1S/C16H30O/c1-2-14-17-15-16-12-10-8-6-4-3-5-7-9-11-13-16/h2,16H,1,3-15H2. The smallest absolute Gasteiger partial charge is 0.0644 e. The van der Waals surface area contributed by atoms with E-state index in [0.717, 1.165) is 19.1 Å². The minimum absolute atomic E-state index is 0.719. The Hall–Kier alpha value is -0.300. The van der Waals surface area contributed by atoms with Crippen molar-refractivity contribution in [3.05, 3.63) is 12.7 Å². The maximum absolute atomic E-state index is 5.63. The Labute approximate surface area is 108 Å². The van der Waals surface area contributed by atoms with E-state index in [1.807, 2.05) is 6.08 Å². The normalized spacial score (nSPS) is 21.4. The van der Waals surface area contributed by atoms with Gasteiger partial charge in [0.05, 0.1) is 6.61 Å². The van der Waals surface area contributed by atoms with E-state index in [0.29, 0.717) is 0 Å². The summed E-state index contributed by atoms with van der Waals surface area (Å²) in [7, 11) is 0. The van der Waals surface area contributed by atoms with E-state index >= 15 is 0 Å². The van der Waals surface area contributed by atoms with Crippen molar-refractivity contribution in [3.8, 4) is 0 Å². The number of hydrogen-bond acceptors (Lipinski definition) is 1. The number of rotatable bonds is 4. The molecule has 0 spiro atoms.